The normalized spacial score (nSPS) is 10.7. The fourth-order valence-corrected chi connectivity index (χ4v) is 2.09. The lowest BCUT2D eigenvalue weighted by atomic mass is 10.2. The Morgan fingerprint density at radius 2 is 2.22 bits per heavy atom. The first-order valence-electron chi connectivity index (χ1n) is 5.56. The van der Waals surface area contributed by atoms with E-state index in [0.29, 0.717) is 16.0 Å². The number of rotatable bonds is 3. The number of anilines is 3. The molecule has 0 aliphatic rings. The van der Waals surface area contributed by atoms with Crippen molar-refractivity contribution in [3.8, 4) is 0 Å². The molecule has 0 atom stereocenters. The van der Waals surface area contributed by atoms with Crippen molar-refractivity contribution in [2.45, 2.75) is 13.3 Å². The summed E-state index contributed by atoms with van der Waals surface area (Å²) in [7, 11) is 1.82. The maximum atomic E-state index is 13.1. The number of hydrogen-bond acceptors (Lipinski definition) is 3. The van der Waals surface area contributed by atoms with Crippen molar-refractivity contribution in [3.63, 3.8) is 0 Å². The second-order valence-electron chi connectivity index (χ2n) is 3.94. The van der Waals surface area contributed by atoms with Crippen LogP contribution < -0.4 is 11.1 Å². The first-order chi connectivity index (χ1) is 8.52. The smallest absolute Gasteiger partial charge is 0.152 e. The summed E-state index contributed by atoms with van der Waals surface area (Å²) in [6.45, 7) is 2.00. The van der Waals surface area contributed by atoms with Crippen molar-refractivity contribution in [2.24, 2.45) is 7.05 Å². The van der Waals surface area contributed by atoms with E-state index in [-0.39, 0.29) is 5.82 Å². The standard InChI is InChI=1S/C12H14BrFN4/c1-3-10-11(15)12(18(2)17-10)16-7-4-5-9(14)8(13)6-7/h4-6,16H,3,15H2,1-2H3. The number of aromatic nitrogens is 2. The summed E-state index contributed by atoms with van der Waals surface area (Å²) in [4.78, 5) is 0. The van der Waals surface area contributed by atoms with Gasteiger partial charge in [-0.05, 0) is 40.5 Å². The molecule has 0 saturated carbocycles. The van der Waals surface area contributed by atoms with Crippen molar-refractivity contribution in [1.82, 2.24) is 9.78 Å². The Bertz CT molecular complexity index is 580. The molecule has 3 N–H and O–H groups in total. The topological polar surface area (TPSA) is 55.9 Å². The molecule has 0 fully saturated rings. The molecule has 0 unspecified atom stereocenters. The lowest BCUT2D eigenvalue weighted by Crippen LogP contribution is -2.01. The zero-order chi connectivity index (χ0) is 13.3. The van der Waals surface area contributed by atoms with Gasteiger partial charge < -0.3 is 11.1 Å². The van der Waals surface area contributed by atoms with Gasteiger partial charge in [0.15, 0.2) is 5.82 Å². The van der Waals surface area contributed by atoms with Crippen LogP contribution in [0.3, 0.4) is 0 Å². The van der Waals surface area contributed by atoms with Gasteiger partial charge in [-0.15, -0.1) is 0 Å². The molecule has 2 rings (SSSR count). The molecule has 0 amide bonds. The van der Waals surface area contributed by atoms with Gasteiger partial charge in [0, 0.05) is 12.7 Å². The SMILES string of the molecule is CCc1nn(C)c(Nc2ccc(F)c(Br)c2)c1N. The van der Waals surface area contributed by atoms with E-state index < -0.39 is 0 Å². The van der Waals surface area contributed by atoms with Gasteiger partial charge in [0.25, 0.3) is 0 Å². The first-order valence-corrected chi connectivity index (χ1v) is 6.35. The Hall–Kier alpha value is -1.56. The van der Waals surface area contributed by atoms with Crippen LogP contribution in [0.25, 0.3) is 0 Å². The molecule has 96 valence electrons. The zero-order valence-corrected chi connectivity index (χ0v) is 11.8. The Morgan fingerprint density at radius 1 is 1.50 bits per heavy atom. The number of benzene rings is 1. The van der Waals surface area contributed by atoms with Gasteiger partial charge in [-0.1, -0.05) is 6.92 Å². The molecule has 18 heavy (non-hydrogen) atoms. The summed E-state index contributed by atoms with van der Waals surface area (Å²) in [5, 5.41) is 7.45. The van der Waals surface area contributed by atoms with Crippen molar-refractivity contribution >= 4 is 33.1 Å². The minimum absolute atomic E-state index is 0.298. The molecular formula is C12H14BrFN4. The third-order valence-corrected chi connectivity index (χ3v) is 3.29. The summed E-state index contributed by atoms with van der Waals surface area (Å²) >= 11 is 3.15. The van der Waals surface area contributed by atoms with Crippen LogP contribution in [0.4, 0.5) is 21.6 Å². The second kappa shape index (κ2) is 4.97. The number of nitrogens with zero attached hydrogens (tertiary/aromatic N) is 2. The maximum absolute atomic E-state index is 13.1. The van der Waals surface area contributed by atoms with Crippen LogP contribution >= 0.6 is 15.9 Å². The zero-order valence-electron chi connectivity index (χ0n) is 10.2. The molecule has 0 radical (unpaired) electrons. The van der Waals surface area contributed by atoms with E-state index in [9.17, 15) is 4.39 Å². The van der Waals surface area contributed by atoms with Crippen LogP contribution in [-0.4, -0.2) is 9.78 Å². The van der Waals surface area contributed by atoms with Gasteiger partial charge >= 0.3 is 0 Å². The highest BCUT2D eigenvalue weighted by Gasteiger charge is 2.12. The summed E-state index contributed by atoms with van der Waals surface area (Å²) in [5.41, 5.74) is 8.22. The summed E-state index contributed by atoms with van der Waals surface area (Å²) in [6.07, 6.45) is 0.772. The van der Waals surface area contributed by atoms with E-state index >= 15 is 0 Å². The highest BCUT2D eigenvalue weighted by atomic mass is 79.9. The fraction of sp³-hybridized carbons (Fsp3) is 0.250. The minimum atomic E-state index is -0.298. The van der Waals surface area contributed by atoms with E-state index in [1.807, 2.05) is 14.0 Å². The number of hydrogen-bond donors (Lipinski definition) is 2. The number of nitrogens with one attached hydrogen (secondary N) is 1. The van der Waals surface area contributed by atoms with Crippen molar-refractivity contribution in [1.29, 1.82) is 0 Å². The largest absolute Gasteiger partial charge is 0.394 e. The second-order valence-corrected chi connectivity index (χ2v) is 4.79. The third kappa shape index (κ3) is 2.33. The van der Waals surface area contributed by atoms with Gasteiger partial charge in [0.1, 0.15) is 5.82 Å². The Labute approximate surface area is 113 Å². The van der Waals surface area contributed by atoms with Crippen LogP contribution in [0.1, 0.15) is 12.6 Å². The van der Waals surface area contributed by atoms with Gasteiger partial charge in [-0.25, -0.2) is 4.39 Å². The van der Waals surface area contributed by atoms with E-state index in [4.69, 9.17) is 5.73 Å². The van der Waals surface area contributed by atoms with Crippen LogP contribution in [0.2, 0.25) is 0 Å². The van der Waals surface area contributed by atoms with Crippen LogP contribution in [0.5, 0.6) is 0 Å². The van der Waals surface area contributed by atoms with Crippen molar-refractivity contribution in [2.75, 3.05) is 11.1 Å². The average molecular weight is 313 g/mol. The van der Waals surface area contributed by atoms with Crippen LogP contribution in [-0.2, 0) is 13.5 Å². The molecule has 1 aromatic heterocycles. The maximum Gasteiger partial charge on any atom is 0.152 e. The van der Waals surface area contributed by atoms with E-state index in [0.717, 1.165) is 17.8 Å². The van der Waals surface area contributed by atoms with Crippen LogP contribution in [0.15, 0.2) is 22.7 Å². The fourth-order valence-electron chi connectivity index (χ4n) is 1.72. The highest BCUT2D eigenvalue weighted by Crippen LogP contribution is 2.28. The Kier molecular flexibility index (Phi) is 3.56. The van der Waals surface area contributed by atoms with E-state index in [2.05, 4.69) is 26.3 Å². The van der Waals surface area contributed by atoms with Gasteiger partial charge in [-0.2, -0.15) is 5.10 Å². The molecule has 1 aromatic carbocycles. The molecule has 0 spiro atoms. The quantitative estimate of drug-likeness (QED) is 0.915. The molecule has 4 nitrogen and oxygen atoms in total. The Morgan fingerprint density at radius 3 is 2.78 bits per heavy atom. The van der Waals surface area contributed by atoms with Crippen LogP contribution in [0, 0.1) is 5.82 Å². The molecule has 0 aliphatic carbocycles. The molecular weight excluding hydrogens is 299 g/mol. The lowest BCUT2D eigenvalue weighted by Gasteiger charge is -2.08. The number of nitrogens with two attached hydrogens (primary N) is 1. The monoisotopic (exact) mass is 312 g/mol. The van der Waals surface area contributed by atoms with Gasteiger partial charge in [0.05, 0.1) is 15.9 Å². The summed E-state index contributed by atoms with van der Waals surface area (Å²) < 4.78 is 15.2. The van der Waals surface area contributed by atoms with Gasteiger partial charge in [-0.3, -0.25) is 4.68 Å². The van der Waals surface area contributed by atoms with E-state index in [1.165, 1.54) is 6.07 Å². The summed E-state index contributed by atoms with van der Waals surface area (Å²) in [5.74, 6) is 0.415. The van der Waals surface area contributed by atoms with Gasteiger partial charge in [0.2, 0.25) is 0 Å². The summed E-state index contributed by atoms with van der Waals surface area (Å²) in [6, 6.07) is 4.70. The molecule has 2 aromatic rings. The number of aryl methyl sites for hydroxylation is 2. The molecule has 0 aliphatic heterocycles. The predicted octanol–water partition coefficient (Wildman–Crippen LogP) is 3.21. The highest BCUT2D eigenvalue weighted by molar-refractivity contribution is 9.10. The molecule has 1 heterocycles. The van der Waals surface area contributed by atoms with E-state index in [1.54, 1.807) is 16.8 Å². The first kappa shape index (κ1) is 12.9. The minimum Gasteiger partial charge on any atom is -0.394 e. The molecule has 0 bridgehead atoms. The number of nitrogen functional groups attached to an aromatic ring is 1. The van der Waals surface area contributed by atoms with Crippen molar-refractivity contribution in [3.05, 3.63) is 34.2 Å². The average Bonchev–Trinajstić information content (AvgIpc) is 2.61. The lowest BCUT2D eigenvalue weighted by molar-refractivity contribution is 0.621. The Balaban J connectivity index is 2.33. The third-order valence-electron chi connectivity index (χ3n) is 2.68. The predicted molar refractivity (Wildman–Crippen MR) is 74.4 cm³/mol. The molecule has 0 saturated heterocycles. The number of halogens is 2. The van der Waals surface area contributed by atoms with Crippen molar-refractivity contribution < 1.29 is 4.39 Å². The molecule has 6 heteroatoms.